The minimum absolute atomic E-state index is 0.0892. The molecule has 8 nitrogen and oxygen atoms in total. The van der Waals surface area contributed by atoms with Gasteiger partial charge in [-0.1, -0.05) is 11.3 Å². The molecule has 0 radical (unpaired) electrons. The number of halogens is 3. The van der Waals surface area contributed by atoms with Crippen LogP contribution in [0, 0.1) is 20.2 Å². The Hall–Kier alpha value is -3.02. The zero-order valence-corrected chi connectivity index (χ0v) is 12.2. The van der Waals surface area contributed by atoms with Crippen molar-refractivity contribution in [3.8, 4) is 0 Å². The molecule has 0 unspecified atom stereocenters. The molecule has 0 fully saturated rings. The summed E-state index contributed by atoms with van der Waals surface area (Å²) >= 11 is 0.545. The first-order chi connectivity index (χ1) is 11.1. The molecule has 1 N–H and O–H groups in total. The molecule has 0 saturated carbocycles. The van der Waals surface area contributed by atoms with Gasteiger partial charge >= 0.3 is 11.2 Å². The van der Waals surface area contributed by atoms with Crippen LogP contribution < -0.4 is 5.32 Å². The molecule has 2 aromatic rings. The van der Waals surface area contributed by atoms with Crippen molar-refractivity contribution in [3.63, 3.8) is 0 Å². The van der Waals surface area contributed by atoms with Crippen molar-refractivity contribution >= 4 is 33.6 Å². The smallest absolute Gasteiger partial charge is 0.321 e. The van der Waals surface area contributed by atoms with Crippen LogP contribution in [-0.4, -0.2) is 15.8 Å². The minimum Gasteiger partial charge on any atom is -0.321 e. The molecule has 126 valence electrons. The molecular weight excluding hydrogens is 355 g/mol. The number of benzene rings is 1. The fourth-order valence-corrected chi connectivity index (χ4v) is 2.46. The average Bonchev–Trinajstić information content (AvgIpc) is 2.96. The number of nitro benzene ring substituents is 1. The van der Waals surface area contributed by atoms with E-state index in [9.17, 15) is 38.2 Å². The Morgan fingerprint density at radius 1 is 1.08 bits per heavy atom. The van der Waals surface area contributed by atoms with Gasteiger partial charge in [0.1, 0.15) is 5.56 Å². The quantitative estimate of drug-likeness (QED) is 0.656. The zero-order valence-electron chi connectivity index (χ0n) is 11.4. The lowest BCUT2D eigenvalue weighted by Crippen LogP contribution is -2.13. The van der Waals surface area contributed by atoms with E-state index in [1.165, 1.54) is 0 Å². The van der Waals surface area contributed by atoms with Crippen LogP contribution in [0.3, 0.4) is 0 Å². The Kier molecular flexibility index (Phi) is 4.50. The summed E-state index contributed by atoms with van der Waals surface area (Å²) in [6, 6.07) is 4.21. The normalized spacial score (nSPS) is 11.1. The lowest BCUT2D eigenvalue weighted by atomic mass is 10.1. The molecule has 1 amide bonds. The monoisotopic (exact) mass is 361 g/mol. The van der Waals surface area contributed by atoms with Gasteiger partial charge in [-0.2, -0.15) is 13.2 Å². The summed E-state index contributed by atoms with van der Waals surface area (Å²) in [5.74, 6) is -0.866. The Morgan fingerprint density at radius 2 is 1.75 bits per heavy atom. The third kappa shape index (κ3) is 3.65. The predicted octanol–water partition coefficient (Wildman–Crippen LogP) is 3.84. The lowest BCUT2D eigenvalue weighted by molar-refractivity contribution is -0.388. The molecule has 2 rings (SSSR count). The molecule has 1 aromatic heterocycles. The molecule has 0 atom stereocenters. The van der Waals surface area contributed by atoms with Gasteiger partial charge in [-0.05, 0) is 18.2 Å². The summed E-state index contributed by atoms with van der Waals surface area (Å²) in [5, 5.41) is 23.0. The van der Waals surface area contributed by atoms with Gasteiger partial charge in [0.2, 0.25) is 0 Å². The number of thiophene rings is 1. The number of carbonyl (C=O) groups is 1. The number of nitrogens with zero attached hydrogens (tertiary/aromatic N) is 2. The largest absolute Gasteiger partial charge is 0.423 e. The van der Waals surface area contributed by atoms with Gasteiger partial charge in [-0.3, -0.25) is 25.0 Å². The van der Waals surface area contributed by atoms with E-state index >= 15 is 0 Å². The number of nitrogens with one attached hydrogen (secondary N) is 1. The molecular formula is C12H6F3N3O5S. The van der Waals surface area contributed by atoms with Crippen LogP contribution in [0.2, 0.25) is 0 Å². The number of nitro groups is 2. The fraction of sp³-hybridized carbons (Fsp3) is 0.0833. The van der Waals surface area contributed by atoms with Gasteiger partial charge in [0.25, 0.3) is 11.6 Å². The zero-order chi connectivity index (χ0) is 18.1. The van der Waals surface area contributed by atoms with E-state index in [0.29, 0.717) is 23.5 Å². The van der Waals surface area contributed by atoms with Crippen LogP contribution in [0.1, 0.15) is 15.2 Å². The van der Waals surface area contributed by atoms with E-state index in [0.717, 1.165) is 18.2 Å². The predicted molar refractivity (Wildman–Crippen MR) is 77.0 cm³/mol. The Labute approximate surface area is 134 Å². The second-order valence-corrected chi connectivity index (χ2v) is 5.40. The minimum atomic E-state index is -4.98. The third-order valence-electron chi connectivity index (χ3n) is 2.75. The van der Waals surface area contributed by atoms with Crippen molar-refractivity contribution in [3.05, 3.63) is 61.0 Å². The number of carbonyl (C=O) groups excluding carboxylic acids is 1. The molecule has 0 aliphatic rings. The molecule has 24 heavy (non-hydrogen) atoms. The topological polar surface area (TPSA) is 115 Å². The summed E-state index contributed by atoms with van der Waals surface area (Å²) in [6.07, 6.45) is -4.98. The maximum absolute atomic E-state index is 12.9. The van der Waals surface area contributed by atoms with Crippen LogP contribution in [0.25, 0.3) is 0 Å². The Morgan fingerprint density at radius 3 is 2.25 bits per heavy atom. The molecule has 12 heteroatoms. The van der Waals surface area contributed by atoms with E-state index in [4.69, 9.17) is 0 Å². The van der Waals surface area contributed by atoms with Gasteiger partial charge in [0.05, 0.1) is 14.7 Å². The van der Waals surface area contributed by atoms with Crippen molar-refractivity contribution in [1.29, 1.82) is 0 Å². The number of hydrogen-bond acceptors (Lipinski definition) is 6. The highest BCUT2D eigenvalue weighted by atomic mass is 32.1. The molecule has 0 saturated heterocycles. The Balaban J connectivity index is 2.30. The SMILES string of the molecule is O=C(Nc1ccc([N+](=O)[O-])c(C(F)(F)F)c1)c1ccc([N+](=O)[O-])s1. The summed E-state index contributed by atoms with van der Waals surface area (Å²) in [4.78, 5) is 31.1. The summed E-state index contributed by atoms with van der Waals surface area (Å²) in [5.41, 5.74) is -2.98. The number of alkyl halides is 3. The fourth-order valence-electron chi connectivity index (χ4n) is 1.74. The van der Waals surface area contributed by atoms with Crippen molar-refractivity contribution in [2.45, 2.75) is 6.18 Å². The highest BCUT2D eigenvalue weighted by Gasteiger charge is 2.38. The van der Waals surface area contributed by atoms with Crippen LogP contribution >= 0.6 is 11.3 Å². The van der Waals surface area contributed by atoms with Crippen molar-refractivity contribution in [1.82, 2.24) is 0 Å². The molecule has 1 heterocycles. The highest BCUT2D eigenvalue weighted by Crippen LogP contribution is 2.37. The molecule has 0 aliphatic carbocycles. The van der Waals surface area contributed by atoms with Gasteiger partial charge in [-0.15, -0.1) is 0 Å². The molecule has 0 bridgehead atoms. The number of hydrogen-bond donors (Lipinski definition) is 1. The van der Waals surface area contributed by atoms with E-state index in [1.54, 1.807) is 0 Å². The first-order valence-electron chi connectivity index (χ1n) is 6.01. The van der Waals surface area contributed by atoms with E-state index in [-0.39, 0.29) is 15.6 Å². The second-order valence-electron chi connectivity index (χ2n) is 4.34. The maximum Gasteiger partial charge on any atom is 0.423 e. The number of amides is 1. The molecule has 0 aliphatic heterocycles. The van der Waals surface area contributed by atoms with Gasteiger partial charge in [0, 0.05) is 17.8 Å². The van der Waals surface area contributed by atoms with Gasteiger partial charge in [-0.25, -0.2) is 0 Å². The highest BCUT2D eigenvalue weighted by molar-refractivity contribution is 7.17. The number of rotatable bonds is 4. The third-order valence-corrected chi connectivity index (χ3v) is 3.79. The first kappa shape index (κ1) is 17.3. The first-order valence-corrected chi connectivity index (χ1v) is 6.82. The summed E-state index contributed by atoms with van der Waals surface area (Å²) in [6.45, 7) is 0. The van der Waals surface area contributed by atoms with E-state index in [2.05, 4.69) is 5.32 Å². The van der Waals surface area contributed by atoms with Crippen LogP contribution in [0.4, 0.5) is 29.5 Å². The standard InChI is InChI=1S/C12H6F3N3O5S/c13-12(14,15)7-5-6(1-2-8(7)17(20)21)16-11(19)9-3-4-10(24-9)18(22)23/h1-5H,(H,16,19). The van der Waals surface area contributed by atoms with Crippen molar-refractivity contribution in [2.75, 3.05) is 5.32 Å². The summed E-state index contributed by atoms with van der Waals surface area (Å²) < 4.78 is 38.6. The van der Waals surface area contributed by atoms with E-state index in [1.807, 2.05) is 0 Å². The summed E-state index contributed by atoms with van der Waals surface area (Å²) in [7, 11) is 0. The van der Waals surface area contributed by atoms with Crippen molar-refractivity contribution in [2.24, 2.45) is 0 Å². The maximum atomic E-state index is 12.9. The van der Waals surface area contributed by atoms with Crippen LogP contribution in [0.15, 0.2) is 30.3 Å². The molecule has 0 spiro atoms. The lowest BCUT2D eigenvalue weighted by Gasteiger charge is -2.10. The van der Waals surface area contributed by atoms with Gasteiger partial charge in [0.15, 0.2) is 0 Å². The van der Waals surface area contributed by atoms with Gasteiger partial charge < -0.3 is 5.32 Å². The average molecular weight is 361 g/mol. The second kappa shape index (κ2) is 6.23. The van der Waals surface area contributed by atoms with Crippen LogP contribution in [-0.2, 0) is 6.18 Å². The van der Waals surface area contributed by atoms with E-state index < -0.39 is 33.2 Å². The Bertz CT molecular complexity index is 834. The van der Waals surface area contributed by atoms with Crippen molar-refractivity contribution < 1.29 is 27.8 Å². The number of anilines is 1. The van der Waals surface area contributed by atoms with Crippen LogP contribution in [0.5, 0.6) is 0 Å². The molecule has 1 aromatic carbocycles.